The molecule has 0 aliphatic carbocycles. The van der Waals surface area contributed by atoms with Gasteiger partial charge in [0.15, 0.2) is 0 Å². The number of hydrogen-bond acceptors (Lipinski definition) is 4. The quantitative estimate of drug-likeness (QED) is 0.721. The molecule has 0 aromatic carbocycles. The summed E-state index contributed by atoms with van der Waals surface area (Å²) in [5, 5.41) is 15.8. The van der Waals surface area contributed by atoms with Gasteiger partial charge in [0.1, 0.15) is 0 Å². The Labute approximate surface area is 105 Å². The lowest BCUT2D eigenvalue weighted by atomic mass is 10.2. The minimum atomic E-state index is -0.462. The summed E-state index contributed by atoms with van der Waals surface area (Å²) in [5.74, 6) is 0. The molecule has 0 bridgehead atoms. The second-order valence-corrected chi connectivity index (χ2v) is 5.17. The Morgan fingerprint density at radius 3 is 2.94 bits per heavy atom. The second kappa shape index (κ2) is 7.24. The average Bonchev–Trinajstić information content (AvgIpc) is 2.70. The zero-order valence-electron chi connectivity index (χ0n) is 10.2. The SMILES string of the molecule is CCCC(O)CNC(=O)NCc1cnc(C)s1. The fourth-order valence-corrected chi connectivity index (χ4v) is 2.10. The molecule has 0 saturated heterocycles. The van der Waals surface area contributed by atoms with E-state index >= 15 is 0 Å². The minimum Gasteiger partial charge on any atom is -0.391 e. The number of aliphatic hydroxyl groups excluding tert-OH is 1. The number of amides is 2. The highest BCUT2D eigenvalue weighted by atomic mass is 32.1. The molecule has 17 heavy (non-hydrogen) atoms. The molecule has 96 valence electrons. The summed E-state index contributed by atoms with van der Waals surface area (Å²) in [5.41, 5.74) is 0. The van der Waals surface area contributed by atoms with Crippen LogP contribution >= 0.6 is 11.3 Å². The number of aliphatic hydroxyl groups is 1. The van der Waals surface area contributed by atoms with Crippen molar-refractivity contribution in [1.82, 2.24) is 15.6 Å². The van der Waals surface area contributed by atoms with Crippen LogP contribution in [-0.2, 0) is 6.54 Å². The van der Waals surface area contributed by atoms with Crippen LogP contribution in [0.2, 0.25) is 0 Å². The first-order valence-electron chi connectivity index (χ1n) is 5.73. The normalized spacial score (nSPS) is 12.2. The molecule has 0 radical (unpaired) electrons. The van der Waals surface area contributed by atoms with Crippen LogP contribution in [0.3, 0.4) is 0 Å². The van der Waals surface area contributed by atoms with Gasteiger partial charge in [-0.1, -0.05) is 13.3 Å². The van der Waals surface area contributed by atoms with Gasteiger partial charge in [-0.25, -0.2) is 9.78 Å². The summed E-state index contributed by atoms with van der Waals surface area (Å²) < 4.78 is 0. The van der Waals surface area contributed by atoms with Gasteiger partial charge in [0.2, 0.25) is 0 Å². The van der Waals surface area contributed by atoms with Crippen molar-refractivity contribution in [1.29, 1.82) is 0 Å². The number of nitrogens with zero attached hydrogens (tertiary/aromatic N) is 1. The Bertz CT molecular complexity index is 354. The molecule has 1 aromatic rings. The number of carbonyl (C=O) groups excluding carboxylic acids is 1. The topological polar surface area (TPSA) is 74.2 Å². The highest BCUT2D eigenvalue weighted by Crippen LogP contribution is 2.10. The average molecular weight is 257 g/mol. The first-order chi connectivity index (χ1) is 8.11. The van der Waals surface area contributed by atoms with Crippen molar-refractivity contribution in [2.24, 2.45) is 0 Å². The van der Waals surface area contributed by atoms with Crippen LogP contribution in [0.4, 0.5) is 4.79 Å². The van der Waals surface area contributed by atoms with Crippen LogP contribution in [0.1, 0.15) is 29.7 Å². The van der Waals surface area contributed by atoms with Crippen molar-refractivity contribution < 1.29 is 9.90 Å². The lowest BCUT2D eigenvalue weighted by Crippen LogP contribution is -2.39. The summed E-state index contributed by atoms with van der Waals surface area (Å²) in [6.07, 6.45) is 2.90. The van der Waals surface area contributed by atoms with E-state index in [1.165, 1.54) is 0 Å². The van der Waals surface area contributed by atoms with E-state index in [1.807, 2.05) is 13.8 Å². The molecule has 0 aliphatic heterocycles. The third kappa shape index (κ3) is 5.65. The van der Waals surface area contributed by atoms with Crippen molar-refractivity contribution in [3.63, 3.8) is 0 Å². The van der Waals surface area contributed by atoms with E-state index in [0.29, 0.717) is 19.5 Å². The fourth-order valence-electron chi connectivity index (χ4n) is 1.36. The Morgan fingerprint density at radius 2 is 2.35 bits per heavy atom. The number of nitrogens with one attached hydrogen (secondary N) is 2. The van der Waals surface area contributed by atoms with Gasteiger partial charge in [-0.2, -0.15) is 0 Å². The second-order valence-electron chi connectivity index (χ2n) is 3.85. The van der Waals surface area contributed by atoms with E-state index in [1.54, 1.807) is 17.5 Å². The first kappa shape index (κ1) is 13.9. The van der Waals surface area contributed by atoms with Gasteiger partial charge in [-0.3, -0.25) is 0 Å². The van der Waals surface area contributed by atoms with Crippen LogP contribution in [0.5, 0.6) is 0 Å². The van der Waals surface area contributed by atoms with Crippen LogP contribution in [0.15, 0.2) is 6.20 Å². The van der Waals surface area contributed by atoms with Crippen LogP contribution in [0, 0.1) is 6.92 Å². The van der Waals surface area contributed by atoms with E-state index in [-0.39, 0.29) is 6.03 Å². The highest BCUT2D eigenvalue weighted by molar-refractivity contribution is 7.11. The lowest BCUT2D eigenvalue weighted by Gasteiger charge is -2.11. The van der Waals surface area contributed by atoms with E-state index in [2.05, 4.69) is 15.6 Å². The summed E-state index contributed by atoms with van der Waals surface area (Å²) in [4.78, 5) is 16.5. The maximum atomic E-state index is 11.4. The summed E-state index contributed by atoms with van der Waals surface area (Å²) in [7, 11) is 0. The van der Waals surface area contributed by atoms with Crippen molar-refractivity contribution in [3.05, 3.63) is 16.1 Å². The van der Waals surface area contributed by atoms with Crippen molar-refractivity contribution >= 4 is 17.4 Å². The number of aromatic nitrogens is 1. The molecule has 1 unspecified atom stereocenters. The summed E-state index contributed by atoms with van der Waals surface area (Å²) in [6.45, 7) is 4.69. The van der Waals surface area contributed by atoms with E-state index in [4.69, 9.17) is 0 Å². The van der Waals surface area contributed by atoms with Gasteiger partial charge in [0.25, 0.3) is 0 Å². The predicted octanol–water partition coefficient (Wildman–Crippen LogP) is 1.41. The Balaban J connectivity index is 2.17. The van der Waals surface area contributed by atoms with Gasteiger partial charge >= 0.3 is 6.03 Å². The summed E-state index contributed by atoms with van der Waals surface area (Å²) >= 11 is 1.56. The number of carbonyl (C=O) groups is 1. The number of hydrogen-bond donors (Lipinski definition) is 3. The molecule has 0 aliphatic rings. The Hall–Kier alpha value is -1.14. The zero-order chi connectivity index (χ0) is 12.7. The molecule has 3 N–H and O–H groups in total. The molecule has 1 rings (SSSR count). The molecule has 1 aromatic heterocycles. The van der Waals surface area contributed by atoms with Gasteiger partial charge in [-0.05, 0) is 13.3 Å². The van der Waals surface area contributed by atoms with Gasteiger partial charge < -0.3 is 15.7 Å². The van der Waals surface area contributed by atoms with E-state index in [9.17, 15) is 9.90 Å². The van der Waals surface area contributed by atoms with Gasteiger partial charge in [0, 0.05) is 17.6 Å². The maximum absolute atomic E-state index is 11.4. The standard InChI is InChI=1S/C11H19N3O2S/c1-3-4-9(15)5-13-11(16)14-7-10-6-12-8(2)17-10/h6,9,15H,3-5,7H2,1-2H3,(H2,13,14,16). The van der Waals surface area contributed by atoms with Gasteiger partial charge in [-0.15, -0.1) is 11.3 Å². The van der Waals surface area contributed by atoms with Crippen molar-refractivity contribution in [3.8, 4) is 0 Å². The monoisotopic (exact) mass is 257 g/mol. The van der Waals surface area contributed by atoms with Gasteiger partial charge in [0.05, 0.1) is 17.7 Å². The number of thiazole rings is 1. The molecular formula is C11H19N3O2S. The number of rotatable bonds is 6. The minimum absolute atomic E-state index is 0.258. The molecule has 5 nitrogen and oxygen atoms in total. The van der Waals surface area contributed by atoms with E-state index in [0.717, 1.165) is 16.3 Å². The highest BCUT2D eigenvalue weighted by Gasteiger charge is 2.06. The maximum Gasteiger partial charge on any atom is 0.315 e. The van der Waals surface area contributed by atoms with Crippen LogP contribution in [-0.4, -0.2) is 28.8 Å². The molecule has 0 spiro atoms. The van der Waals surface area contributed by atoms with Crippen molar-refractivity contribution in [2.45, 2.75) is 39.3 Å². The number of aryl methyl sites for hydroxylation is 1. The largest absolute Gasteiger partial charge is 0.391 e. The molecule has 0 fully saturated rings. The molecule has 6 heteroatoms. The third-order valence-electron chi connectivity index (χ3n) is 2.21. The van der Waals surface area contributed by atoms with Crippen LogP contribution < -0.4 is 10.6 Å². The van der Waals surface area contributed by atoms with E-state index < -0.39 is 6.10 Å². The first-order valence-corrected chi connectivity index (χ1v) is 6.54. The molecule has 1 heterocycles. The number of urea groups is 1. The fraction of sp³-hybridized carbons (Fsp3) is 0.636. The zero-order valence-corrected chi connectivity index (χ0v) is 11.0. The Morgan fingerprint density at radius 1 is 1.59 bits per heavy atom. The molecular weight excluding hydrogens is 238 g/mol. The third-order valence-corrected chi connectivity index (χ3v) is 3.13. The smallest absolute Gasteiger partial charge is 0.315 e. The predicted molar refractivity (Wildman–Crippen MR) is 68.0 cm³/mol. The van der Waals surface area contributed by atoms with Crippen molar-refractivity contribution in [2.75, 3.05) is 6.54 Å². The Kier molecular flexibility index (Phi) is 5.93. The summed E-state index contributed by atoms with van der Waals surface area (Å²) in [6, 6.07) is -0.258. The molecule has 2 amide bonds. The molecule has 0 saturated carbocycles. The van der Waals surface area contributed by atoms with Crippen LogP contribution in [0.25, 0.3) is 0 Å². The molecule has 1 atom stereocenters. The lowest BCUT2D eigenvalue weighted by molar-refractivity contribution is 0.160.